The van der Waals surface area contributed by atoms with E-state index < -0.39 is 32.7 Å². The van der Waals surface area contributed by atoms with Gasteiger partial charge in [0.15, 0.2) is 0 Å². The number of aromatic nitrogens is 1. The average molecular weight is 238 g/mol. The van der Waals surface area contributed by atoms with E-state index in [-0.39, 0.29) is 5.69 Å². The first-order valence-electron chi connectivity index (χ1n) is 3.74. The lowest BCUT2D eigenvalue weighted by molar-refractivity contribution is 0.143. The summed E-state index contributed by atoms with van der Waals surface area (Å²) in [5.74, 6) is -0.889. The number of nitrogens with zero attached hydrogens (tertiary/aromatic N) is 1. The minimum Gasteiger partial charge on any atom is -0.506 e. The van der Waals surface area contributed by atoms with Crippen molar-refractivity contribution in [3.05, 3.63) is 17.5 Å². The molecule has 3 N–H and O–H groups in total. The van der Waals surface area contributed by atoms with E-state index in [9.17, 15) is 17.2 Å². The second-order valence-corrected chi connectivity index (χ2v) is 4.32. The largest absolute Gasteiger partial charge is 0.506 e. The van der Waals surface area contributed by atoms with Gasteiger partial charge in [-0.25, -0.2) is 22.3 Å². The molecule has 0 amide bonds. The van der Waals surface area contributed by atoms with Crippen molar-refractivity contribution < 1.29 is 22.3 Å². The predicted molar refractivity (Wildman–Crippen MR) is 47.0 cm³/mol. The molecule has 84 valence electrons. The number of primary sulfonamides is 1. The van der Waals surface area contributed by atoms with Crippen LogP contribution in [0, 0.1) is 6.92 Å². The number of alkyl halides is 2. The van der Waals surface area contributed by atoms with Crippen molar-refractivity contribution in [2.75, 3.05) is 0 Å². The van der Waals surface area contributed by atoms with Crippen molar-refractivity contribution in [2.24, 2.45) is 5.14 Å². The van der Waals surface area contributed by atoms with Crippen LogP contribution in [0.25, 0.3) is 0 Å². The Morgan fingerprint density at radius 2 is 2.07 bits per heavy atom. The van der Waals surface area contributed by atoms with Gasteiger partial charge in [-0.1, -0.05) is 0 Å². The molecule has 0 atom stereocenters. The van der Waals surface area contributed by atoms with Gasteiger partial charge < -0.3 is 5.11 Å². The Balaban J connectivity index is 3.68. The quantitative estimate of drug-likeness (QED) is 0.792. The van der Waals surface area contributed by atoms with E-state index in [2.05, 4.69) is 4.98 Å². The lowest BCUT2D eigenvalue weighted by atomic mass is 10.2. The number of sulfonamides is 1. The van der Waals surface area contributed by atoms with E-state index in [0.717, 1.165) is 6.20 Å². The van der Waals surface area contributed by atoms with Gasteiger partial charge >= 0.3 is 0 Å². The van der Waals surface area contributed by atoms with E-state index >= 15 is 0 Å². The molecule has 0 radical (unpaired) electrons. The summed E-state index contributed by atoms with van der Waals surface area (Å²) in [7, 11) is -4.33. The van der Waals surface area contributed by atoms with E-state index in [1.807, 2.05) is 0 Å². The summed E-state index contributed by atoms with van der Waals surface area (Å²) < 4.78 is 47.0. The highest BCUT2D eigenvalue weighted by Gasteiger charge is 2.27. The third kappa shape index (κ3) is 2.21. The number of aromatic hydroxyl groups is 1. The first-order chi connectivity index (χ1) is 6.75. The van der Waals surface area contributed by atoms with Crippen molar-refractivity contribution in [1.29, 1.82) is 0 Å². The first-order valence-corrected chi connectivity index (χ1v) is 5.29. The van der Waals surface area contributed by atoms with Gasteiger partial charge in [0.05, 0.1) is 17.5 Å². The van der Waals surface area contributed by atoms with Crippen LogP contribution in [0.3, 0.4) is 0 Å². The molecular formula is C7H8F2N2O3S. The minimum absolute atomic E-state index is 0.175. The topological polar surface area (TPSA) is 93.3 Å². The van der Waals surface area contributed by atoms with Crippen LogP contribution in [0.5, 0.6) is 5.75 Å². The zero-order valence-electron chi connectivity index (χ0n) is 7.61. The molecule has 1 aromatic rings. The molecule has 0 aromatic carbocycles. The molecule has 0 saturated heterocycles. The molecule has 1 aromatic heterocycles. The maximum Gasteiger partial charge on any atom is 0.268 e. The van der Waals surface area contributed by atoms with Crippen LogP contribution in [0.15, 0.2) is 11.1 Å². The number of rotatable bonds is 2. The van der Waals surface area contributed by atoms with Crippen molar-refractivity contribution in [2.45, 2.75) is 18.2 Å². The van der Waals surface area contributed by atoms with Gasteiger partial charge in [-0.15, -0.1) is 0 Å². The Morgan fingerprint density at radius 1 is 1.53 bits per heavy atom. The SMILES string of the molecule is Cc1ncc(O)c(C(F)F)c1S(N)(=O)=O. The summed E-state index contributed by atoms with van der Waals surface area (Å²) in [6.07, 6.45) is -2.38. The van der Waals surface area contributed by atoms with Crippen LogP contribution < -0.4 is 5.14 Å². The number of hydrogen-bond acceptors (Lipinski definition) is 4. The fourth-order valence-corrected chi connectivity index (χ4v) is 2.13. The van der Waals surface area contributed by atoms with Crippen LogP contribution >= 0.6 is 0 Å². The predicted octanol–water partition coefficient (Wildman–Crippen LogP) is 0.681. The van der Waals surface area contributed by atoms with Gasteiger partial charge in [-0.05, 0) is 6.92 Å². The molecule has 1 heterocycles. The fraction of sp³-hybridized carbons (Fsp3) is 0.286. The maximum atomic E-state index is 12.5. The zero-order chi connectivity index (χ0) is 11.8. The highest BCUT2D eigenvalue weighted by Crippen LogP contribution is 2.34. The van der Waals surface area contributed by atoms with Gasteiger partial charge in [0.25, 0.3) is 6.43 Å². The molecule has 15 heavy (non-hydrogen) atoms. The molecule has 8 heteroatoms. The van der Waals surface area contributed by atoms with Crippen molar-refractivity contribution >= 4 is 10.0 Å². The van der Waals surface area contributed by atoms with Gasteiger partial charge in [0.1, 0.15) is 10.6 Å². The molecular weight excluding hydrogens is 230 g/mol. The van der Waals surface area contributed by atoms with Crippen molar-refractivity contribution in [3.63, 3.8) is 0 Å². The van der Waals surface area contributed by atoms with E-state index in [4.69, 9.17) is 10.2 Å². The van der Waals surface area contributed by atoms with Crippen LogP contribution in [0.2, 0.25) is 0 Å². The summed E-state index contributed by atoms with van der Waals surface area (Å²) in [5, 5.41) is 13.8. The molecule has 0 saturated carbocycles. The molecule has 0 aliphatic heterocycles. The zero-order valence-corrected chi connectivity index (χ0v) is 8.42. The summed E-state index contributed by atoms with van der Waals surface area (Å²) in [6.45, 7) is 1.21. The highest BCUT2D eigenvalue weighted by atomic mass is 32.2. The number of halogens is 2. The van der Waals surface area contributed by atoms with Crippen LogP contribution in [0.4, 0.5) is 8.78 Å². The normalized spacial score (nSPS) is 12.1. The van der Waals surface area contributed by atoms with E-state index in [1.54, 1.807) is 0 Å². The molecule has 1 rings (SSSR count). The van der Waals surface area contributed by atoms with E-state index in [0.29, 0.717) is 0 Å². The van der Waals surface area contributed by atoms with Crippen molar-refractivity contribution in [1.82, 2.24) is 4.98 Å². The molecule has 0 aliphatic carbocycles. The monoisotopic (exact) mass is 238 g/mol. The molecule has 5 nitrogen and oxygen atoms in total. The lowest BCUT2D eigenvalue weighted by Gasteiger charge is -2.10. The lowest BCUT2D eigenvalue weighted by Crippen LogP contribution is -2.17. The fourth-order valence-electron chi connectivity index (χ4n) is 1.17. The van der Waals surface area contributed by atoms with Crippen LogP contribution in [-0.2, 0) is 10.0 Å². The Morgan fingerprint density at radius 3 is 2.40 bits per heavy atom. The number of aryl methyl sites for hydroxylation is 1. The molecule has 0 aliphatic rings. The van der Waals surface area contributed by atoms with Gasteiger partial charge in [-0.3, -0.25) is 4.98 Å². The Hall–Kier alpha value is -1.28. The van der Waals surface area contributed by atoms with Crippen LogP contribution in [0.1, 0.15) is 17.7 Å². The number of pyridine rings is 1. The third-order valence-electron chi connectivity index (χ3n) is 1.73. The Kier molecular flexibility index (Phi) is 2.91. The molecule has 0 spiro atoms. The van der Waals surface area contributed by atoms with Crippen molar-refractivity contribution in [3.8, 4) is 5.75 Å². The Labute approximate surface area is 84.6 Å². The first kappa shape index (κ1) is 11.8. The van der Waals surface area contributed by atoms with Crippen LogP contribution in [-0.4, -0.2) is 18.5 Å². The van der Waals surface area contributed by atoms with E-state index in [1.165, 1.54) is 6.92 Å². The van der Waals surface area contributed by atoms with Gasteiger partial charge in [0, 0.05) is 0 Å². The second-order valence-electron chi connectivity index (χ2n) is 2.82. The standard InChI is InChI=1S/C7H8F2N2O3S/c1-3-6(15(10,13)14)5(7(8)9)4(12)2-11-3/h2,7,12H,1H3,(H2,10,13,14). The summed E-state index contributed by atoms with van der Waals surface area (Å²) in [6, 6.07) is 0. The molecule has 0 unspecified atom stereocenters. The Bertz CT molecular complexity index is 487. The smallest absolute Gasteiger partial charge is 0.268 e. The minimum atomic E-state index is -4.33. The van der Waals surface area contributed by atoms with Gasteiger partial charge in [-0.2, -0.15) is 0 Å². The molecule has 0 fully saturated rings. The second kappa shape index (κ2) is 3.70. The summed E-state index contributed by atoms with van der Waals surface area (Å²) >= 11 is 0. The number of nitrogens with two attached hydrogens (primary N) is 1. The van der Waals surface area contributed by atoms with Gasteiger partial charge in [0.2, 0.25) is 10.0 Å². The summed E-state index contributed by atoms with van der Waals surface area (Å²) in [4.78, 5) is 2.62. The molecule has 0 bridgehead atoms. The maximum absolute atomic E-state index is 12.5. The third-order valence-corrected chi connectivity index (χ3v) is 2.82. The number of hydrogen-bond donors (Lipinski definition) is 2. The average Bonchev–Trinajstić information content (AvgIpc) is 2.05. The highest BCUT2D eigenvalue weighted by molar-refractivity contribution is 7.89. The summed E-state index contributed by atoms with van der Waals surface area (Å²) in [5.41, 5.74) is -1.18.